The summed E-state index contributed by atoms with van der Waals surface area (Å²) in [5, 5.41) is 5.94. The van der Waals surface area contributed by atoms with Crippen LogP contribution >= 0.6 is 0 Å². The lowest BCUT2D eigenvalue weighted by Gasteiger charge is -2.24. The first kappa shape index (κ1) is 16.2. The summed E-state index contributed by atoms with van der Waals surface area (Å²) in [5.74, 6) is 0. The number of carbonyl (C=O) groups is 1. The Kier molecular flexibility index (Phi) is 8.53. The lowest BCUT2D eigenvalue weighted by atomic mass is 9.96. The van der Waals surface area contributed by atoms with Crippen LogP contribution in [0.25, 0.3) is 0 Å². The van der Waals surface area contributed by atoms with E-state index < -0.39 is 0 Å². The molecule has 0 bridgehead atoms. The van der Waals surface area contributed by atoms with Crippen LogP contribution in [-0.4, -0.2) is 56.2 Å². The van der Waals surface area contributed by atoms with Crippen molar-refractivity contribution in [3.05, 3.63) is 0 Å². The number of rotatable bonds is 8. The Hall–Kier alpha value is -0.850. The molecule has 0 aliphatic heterocycles. The van der Waals surface area contributed by atoms with Crippen LogP contribution in [0, 0.1) is 0 Å². The van der Waals surface area contributed by atoms with Gasteiger partial charge in [-0.05, 0) is 12.8 Å². The molecule has 0 unspecified atom stereocenters. The molecule has 0 heterocycles. The van der Waals surface area contributed by atoms with Crippen molar-refractivity contribution in [2.24, 2.45) is 11.5 Å². The zero-order chi connectivity index (χ0) is 13.9. The van der Waals surface area contributed by atoms with Gasteiger partial charge in [0.15, 0.2) is 0 Å². The molecule has 1 saturated carbocycles. The van der Waals surface area contributed by atoms with Crippen LogP contribution in [0.15, 0.2) is 0 Å². The highest BCUT2D eigenvalue weighted by molar-refractivity contribution is 5.74. The van der Waals surface area contributed by atoms with Crippen molar-refractivity contribution in [2.75, 3.05) is 39.3 Å². The second kappa shape index (κ2) is 10.00. The van der Waals surface area contributed by atoms with E-state index in [0.717, 1.165) is 32.5 Å². The first-order valence-electron chi connectivity index (χ1n) is 7.43. The first-order valence-corrected chi connectivity index (χ1v) is 7.43. The van der Waals surface area contributed by atoms with Crippen LogP contribution < -0.4 is 22.1 Å². The Balaban J connectivity index is 2.10. The smallest absolute Gasteiger partial charge is 0.315 e. The predicted molar refractivity (Wildman–Crippen MR) is 78.0 cm³/mol. The fourth-order valence-corrected chi connectivity index (χ4v) is 2.51. The fourth-order valence-electron chi connectivity index (χ4n) is 2.51. The number of carbonyl (C=O) groups excluding carboxylic acids is 1. The molecule has 112 valence electrons. The van der Waals surface area contributed by atoms with Gasteiger partial charge in [-0.3, -0.25) is 4.90 Å². The maximum absolute atomic E-state index is 11.7. The van der Waals surface area contributed by atoms with E-state index in [1.54, 1.807) is 0 Å². The monoisotopic (exact) mass is 271 g/mol. The summed E-state index contributed by atoms with van der Waals surface area (Å²) in [7, 11) is 0. The Morgan fingerprint density at radius 2 is 1.68 bits per heavy atom. The molecule has 6 N–H and O–H groups in total. The summed E-state index contributed by atoms with van der Waals surface area (Å²) in [6.45, 7) is 4.32. The Morgan fingerprint density at radius 1 is 1.05 bits per heavy atom. The summed E-state index contributed by atoms with van der Waals surface area (Å²) in [6.07, 6.45) is 5.98. The molecular formula is C13H29N5O. The van der Waals surface area contributed by atoms with E-state index in [4.69, 9.17) is 11.5 Å². The second-order valence-electron chi connectivity index (χ2n) is 5.15. The molecule has 1 fully saturated rings. The van der Waals surface area contributed by atoms with Crippen LogP contribution in [0.2, 0.25) is 0 Å². The third kappa shape index (κ3) is 7.34. The molecule has 0 aromatic carbocycles. The Labute approximate surface area is 116 Å². The molecule has 0 aromatic rings. The molecule has 0 aromatic heterocycles. The SMILES string of the molecule is NCCN(CCN)CCNC(=O)NC1CCCCC1. The number of nitrogens with one attached hydrogen (secondary N) is 2. The summed E-state index contributed by atoms with van der Waals surface area (Å²) < 4.78 is 0. The number of amides is 2. The molecule has 1 aliphatic rings. The van der Waals surface area contributed by atoms with Gasteiger partial charge in [-0.2, -0.15) is 0 Å². The van der Waals surface area contributed by atoms with Gasteiger partial charge in [-0.15, -0.1) is 0 Å². The molecule has 6 nitrogen and oxygen atoms in total. The van der Waals surface area contributed by atoms with Gasteiger partial charge < -0.3 is 22.1 Å². The second-order valence-corrected chi connectivity index (χ2v) is 5.15. The minimum atomic E-state index is -0.0488. The maximum Gasteiger partial charge on any atom is 0.315 e. The highest BCUT2D eigenvalue weighted by Crippen LogP contribution is 2.16. The van der Waals surface area contributed by atoms with Crippen molar-refractivity contribution in [3.63, 3.8) is 0 Å². The van der Waals surface area contributed by atoms with Crippen molar-refractivity contribution < 1.29 is 4.79 Å². The number of hydrogen-bond donors (Lipinski definition) is 4. The van der Waals surface area contributed by atoms with Crippen LogP contribution in [0.3, 0.4) is 0 Å². The Morgan fingerprint density at radius 3 is 2.26 bits per heavy atom. The molecule has 1 aliphatic carbocycles. The van der Waals surface area contributed by atoms with Gasteiger partial charge in [0.1, 0.15) is 0 Å². The van der Waals surface area contributed by atoms with Crippen molar-refractivity contribution in [3.8, 4) is 0 Å². The van der Waals surface area contributed by atoms with E-state index in [9.17, 15) is 4.79 Å². The van der Waals surface area contributed by atoms with E-state index in [1.165, 1.54) is 19.3 Å². The topological polar surface area (TPSA) is 96.4 Å². The van der Waals surface area contributed by atoms with Crippen LogP contribution in [0.1, 0.15) is 32.1 Å². The quantitative estimate of drug-likeness (QED) is 0.493. The molecule has 0 spiro atoms. The summed E-state index contributed by atoms with van der Waals surface area (Å²) in [5.41, 5.74) is 11.1. The number of urea groups is 1. The molecule has 0 atom stereocenters. The molecule has 2 amide bonds. The molecular weight excluding hydrogens is 242 g/mol. The highest BCUT2D eigenvalue weighted by atomic mass is 16.2. The lowest BCUT2D eigenvalue weighted by Crippen LogP contribution is -2.46. The average molecular weight is 271 g/mol. The van der Waals surface area contributed by atoms with Crippen molar-refractivity contribution in [1.82, 2.24) is 15.5 Å². The molecule has 0 radical (unpaired) electrons. The highest BCUT2D eigenvalue weighted by Gasteiger charge is 2.15. The number of hydrogen-bond acceptors (Lipinski definition) is 4. The minimum absolute atomic E-state index is 0.0488. The summed E-state index contributed by atoms with van der Waals surface area (Å²) >= 11 is 0. The molecule has 6 heteroatoms. The average Bonchev–Trinajstić information content (AvgIpc) is 2.40. The maximum atomic E-state index is 11.7. The van der Waals surface area contributed by atoms with Crippen molar-refractivity contribution in [2.45, 2.75) is 38.1 Å². The van der Waals surface area contributed by atoms with Crippen molar-refractivity contribution in [1.29, 1.82) is 0 Å². The van der Waals surface area contributed by atoms with Crippen LogP contribution in [0.5, 0.6) is 0 Å². The number of nitrogens with two attached hydrogens (primary N) is 2. The molecule has 0 saturated heterocycles. The Bertz CT molecular complexity index is 237. The van der Waals surface area contributed by atoms with E-state index in [-0.39, 0.29) is 6.03 Å². The van der Waals surface area contributed by atoms with Crippen molar-refractivity contribution >= 4 is 6.03 Å². The summed E-state index contributed by atoms with van der Waals surface area (Å²) in [6, 6.07) is 0.310. The lowest BCUT2D eigenvalue weighted by molar-refractivity contribution is 0.228. The van der Waals surface area contributed by atoms with Crippen LogP contribution in [0.4, 0.5) is 4.79 Å². The van der Waals surface area contributed by atoms with Crippen LogP contribution in [-0.2, 0) is 0 Å². The standard InChI is InChI=1S/C13H29N5O/c14-6-9-18(10-7-15)11-8-16-13(19)17-12-4-2-1-3-5-12/h12H,1-11,14-15H2,(H2,16,17,19). The van der Waals surface area contributed by atoms with E-state index in [0.29, 0.717) is 25.7 Å². The van der Waals surface area contributed by atoms with Gasteiger partial charge >= 0.3 is 6.03 Å². The van der Waals surface area contributed by atoms with Gasteiger partial charge in [0.25, 0.3) is 0 Å². The van der Waals surface area contributed by atoms with Gasteiger partial charge in [0, 0.05) is 45.3 Å². The van der Waals surface area contributed by atoms with Gasteiger partial charge in [-0.1, -0.05) is 19.3 Å². The fraction of sp³-hybridized carbons (Fsp3) is 0.923. The zero-order valence-corrected chi connectivity index (χ0v) is 11.9. The summed E-state index contributed by atoms with van der Waals surface area (Å²) in [4.78, 5) is 13.9. The van der Waals surface area contributed by atoms with Gasteiger partial charge in [0.2, 0.25) is 0 Å². The molecule has 19 heavy (non-hydrogen) atoms. The normalized spacial score (nSPS) is 16.6. The zero-order valence-electron chi connectivity index (χ0n) is 11.9. The third-order valence-electron chi connectivity index (χ3n) is 3.54. The van der Waals surface area contributed by atoms with E-state index >= 15 is 0 Å². The minimum Gasteiger partial charge on any atom is -0.337 e. The first-order chi connectivity index (χ1) is 9.26. The van der Waals surface area contributed by atoms with Gasteiger partial charge in [-0.25, -0.2) is 4.79 Å². The third-order valence-corrected chi connectivity index (χ3v) is 3.54. The predicted octanol–water partition coefficient (Wildman–Crippen LogP) is -0.162. The van der Waals surface area contributed by atoms with E-state index in [2.05, 4.69) is 15.5 Å². The van der Waals surface area contributed by atoms with Gasteiger partial charge in [0.05, 0.1) is 0 Å². The van der Waals surface area contributed by atoms with E-state index in [1.807, 2.05) is 0 Å². The molecule has 1 rings (SSSR count). The number of nitrogens with zero attached hydrogens (tertiary/aromatic N) is 1. The largest absolute Gasteiger partial charge is 0.337 e.